The Morgan fingerprint density at radius 1 is 1.10 bits per heavy atom. The second-order valence-corrected chi connectivity index (χ2v) is 4.61. The Bertz CT molecular complexity index is 263. The van der Waals surface area contributed by atoms with Gasteiger partial charge in [0.1, 0.15) is 18.3 Å². The topological polar surface area (TPSA) is 144 Å². The lowest BCUT2D eigenvalue weighted by Gasteiger charge is -2.22. The van der Waals surface area contributed by atoms with Crippen molar-refractivity contribution in [1.29, 1.82) is 0 Å². The number of rotatable bonds is 5. The molecule has 0 radical (unpaired) electrons. The zero-order valence-electron chi connectivity index (χ0n) is 11.4. The fraction of sp³-hybridized carbons (Fsp3) is 0.583. The van der Waals surface area contributed by atoms with Crippen LogP contribution in [0.5, 0.6) is 0 Å². The maximum Gasteiger partial charge on any atom is 0.151 e. The third kappa shape index (κ3) is 19.7. The lowest BCUT2D eigenvalue weighted by atomic mass is 10.1. The lowest BCUT2D eigenvalue weighted by Crippen LogP contribution is -2.45. The summed E-state index contributed by atoms with van der Waals surface area (Å²) in [4.78, 5) is 9.96. The summed E-state index contributed by atoms with van der Waals surface area (Å²) in [7, 11) is 0. The van der Waals surface area contributed by atoms with Crippen LogP contribution in [0, 0.1) is 0 Å². The molecule has 120 valence electrons. The molecule has 0 aromatic carbocycles. The Kier molecular flexibility index (Phi) is 17.9. The van der Waals surface area contributed by atoms with E-state index in [4.69, 9.17) is 20.4 Å². The second-order valence-electron chi connectivity index (χ2n) is 3.73. The van der Waals surface area contributed by atoms with E-state index in [0.717, 1.165) is 0 Å². The van der Waals surface area contributed by atoms with E-state index in [-0.39, 0.29) is 22.2 Å². The third-order valence-electron chi connectivity index (χ3n) is 1.39. The molecule has 0 unspecified atom stereocenters. The molecule has 8 heteroatoms. The zero-order chi connectivity index (χ0) is 16.9. The number of aliphatic hydroxyl groups is 4. The van der Waals surface area contributed by atoms with Gasteiger partial charge < -0.3 is 35.4 Å². The van der Waals surface area contributed by atoms with E-state index in [9.17, 15) is 15.0 Å². The molecular weight excluding hydrogens is 383 g/mol. The van der Waals surface area contributed by atoms with E-state index in [2.05, 4.69) is 13.2 Å². The number of aldehydes is 1. The first-order valence-electron chi connectivity index (χ1n) is 5.39. The van der Waals surface area contributed by atoms with E-state index < -0.39 is 24.4 Å². The van der Waals surface area contributed by atoms with Crippen LogP contribution in [-0.2, 0) is 4.79 Å². The first-order valence-corrected chi connectivity index (χ1v) is 6.92. The molecule has 4 N–H and O–H groups in total. The van der Waals surface area contributed by atoms with Gasteiger partial charge in [-0.15, -0.1) is 24.7 Å². The van der Waals surface area contributed by atoms with E-state index in [1.165, 1.54) is 13.8 Å². The highest BCUT2D eigenvalue weighted by Crippen LogP contribution is 2.05. The number of hydrogen-bond donors (Lipinski definition) is 4. The van der Waals surface area contributed by atoms with E-state index in [0.29, 0.717) is 0 Å². The highest BCUT2D eigenvalue weighted by molar-refractivity contribution is 14.1. The Labute approximate surface area is 132 Å². The van der Waals surface area contributed by atoms with Crippen molar-refractivity contribution in [3.63, 3.8) is 0 Å². The maximum atomic E-state index is 9.96. The maximum absolute atomic E-state index is 9.96. The normalized spacial score (nSPS) is 15.2. The highest BCUT2D eigenvalue weighted by atomic mass is 127. The Morgan fingerprint density at radius 2 is 1.40 bits per heavy atom. The van der Waals surface area contributed by atoms with Crippen molar-refractivity contribution in [3.8, 4) is 0 Å². The minimum Gasteiger partial charge on any atom is -0.876 e. The minimum absolute atomic E-state index is 0.0833. The monoisotopic (exact) mass is 404 g/mol. The van der Waals surface area contributed by atoms with Crippen molar-refractivity contribution in [1.82, 2.24) is 0 Å². The summed E-state index contributed by atoms with van der Waals surface area (Å²) in [5.41, 5.74) is 0. The van der Waals surface area contributed by atoms with Crippen LogP contribution < -0.4 is 10.2 Å². The van der Waals surface area contributed by atoms with Gasteiger partial charge in [0, 0.05) is 4.43 Å². The van der Waals surface area contributed by atoms with Crippen molar-refractivity contribution in [2.45, 2.75) is 38.3 Å². The fourth-order valence-electron chi connectivity index (χ4n) is 0.601. The molecule has 0 heterocycles. The summed E-state index contributed by atoms with van der Waals surface area (Å²) in [6.07, 6.45) is -5.82. The van der Waals surface area contributed by atoms with Gasteiger partial charge in [-0.3, -0.25) is 0 Å². The second kappa shape index (κ2) is 14.7. The summed E-state index contributed by atoms with van der Waals surface area (Å²) >= 11 is 1.81. The molecule has 0 amide bonds. The van der Waals surface area contributed by atoms with Gasteiger partial charge in [-0.1, -0.05) is 36.4 Å². The van der Waals surface area contributed by atoms with Crippen LogP contribution in [-0.4, -0.2) is 55.6 Å². The predicted octanol–water partition coefficient (Wildman–Crippen LogP) is -2.18. The Balaban J connectivity index is -0.000000297. The largest absolute Gasteiger partial charge is 0.876 e. The molecule has 0 fully saturated rings. The zero-order valence-corrected chi connectivity index (χ0v) is 13.6. The smallest absolute Gasteiger partial charge is 0.151 e. The average Bonchev–Trinajstić information content (AvgIpc) is 2.33. The van der Waals surface area contributed by atoms with E-state index >= 15 is 0 Å². The predicted molar refractivity (Wildman–Crippen MR) is 78.6 cm³/mol. The molecule has 0 aliphatic heterocycles. The van der Waals surface area contributed by atoms with Crippen LogP contribution in [0.25, 0.3) is 0 Å². The van der Waals surface area contributed by atoms with Gasteiger partial charge in [-0.05, 0) is 0 Å². The van der Waals surface area contributed by atoms with Gasteiger partial charge in [-0.25, -0.2) is 0 Å². The molecule has 0 rings (SSSR count). The van der Waals surface area contributed by atoms with Crippen LogP contribution in [0.4, 0.5) is 0 Å². The van der Waals surface area contributed by atoms with E-state index in [1.54, 1.807) is 22.6 Å². The summed E-state index contributed by atoms with van der Waals surface area (Å²) in [5.74, 6) is -0.167. The molecule has 7 nitrogen and oxygen atoms in total. The van der Waals surface area contributed by atoms with Crippen molar-refractivity contribution >= 4 is 28.9 Å². The molecule has 0 spiro atoms. The van der Waals surface area contributed by atoms with Gasteiger partial charge in [-0.2, -0.15) is 0 Å². The van der Waals surface area contributed by atoms with Crippen LogP contribution in [0.15, 0.2) is 24.7 Å². The number of carbonyl (C=O) groups is 1. The van der Waals surface area contributed by atoms with Gasteiger partial charge in [0.25, 0.3) is 0 Å². The quantitative estimate of drug-likeness (QED) is 0.177. The van der Waals surface area contributed by atoms with Crippen LogP contribution in [0.3, 0.4) is 0 Å². The molecule has 0 aliphatic carbocycles. The highest BCUT2D eigenvalue weighted by Gasteiger charge is 2.29. The van der Waals surface area contributed by atoms with E-state index in [1.807, 2.05) is 0 Å². The molecule has 0 saturated heterocycles. The minimum atomic E-state index is -1.66. The van der Waals surface area contributed by atoms with Crippen molar-refractivity contribution in [3.05, 3.63) is 24.7 Å². The molecule has 0 saturated carbocycles. The first-order chi connectivity index (χ1) is 9.00. The fourth-order valence-corrected chi connectivity index (χ4v) is 1.12. The Morgan fingerprint density at radius 3 is 1.60 bits per heavy atom. The number of hydrogen-bond acceptors (Lipinski definition) is 7. The molecule has 0 aromatic heterocycles. The lowest BCUT2D eigenvalue weighted by molar-refractivity contribution is -0.301. The van der Waals surface area contributed by atoms with Crippen LogP contribution in [0.2, 0.25) is 0 Å². The first kappa shape index (κ1) is 24.3. The third-order valence-corrected chi connectivity index (χ3v) is 2.29. The molecule has 4 atom stereocenters. The van der Waals surface area contributed by atoms with Gasteiger partial charge >= 0.3 is 0 Å². The van der Waals surface area contributed by atoms with Crippen molar-refractivity contribution in [2.24, 2.45) is 0 Å². The SMILES string of the molecule is C=C(C)[O-].C=C(C)[O-].O=C[C@@H](O)[C@H](O)[C@H](O)[C@@H](O)CI. The van der Waals surface area contributed by atoms with Crippen molar-refractivity contribution in [2.75, 3.05) is 4.43 Å². The Hall–Kier alpha value is -0.680. The molecule has 0 aromatic rings. The average molecular weight is 404 g/mol. The molecule has 0 bridgehead atoms. The number of carbonyl (C=O) groups excluding carboxylic acids is 1. The van der Waals surface area contributed by atoms with Crippen molar-refractivity contribution < 1.29 is 35.4 Å². The number of aliphatic hydroxyl groups excluding tert-OH is 4. The summed E-state index contributed by atoms with van der Waals surface area (Å²) in [5, 5.41) is 54.5. The number of allylic oxidation sites excluding steroid dienone is 2. The molecule has 0 aliphatic rings. The van der Waals surface area contributed by atoms with Gasteiger partial charge in [0.2, 0.25) is 0 Å². The van der Waals surface area contributed by atoms with Crippen LogP contribution >= 0.6 is 22.6 Å². The summed E-state index contributed by atoms with van der Waals surface area (Å²) < 4.78 is 0.210. The molecular formula is C12H21IO7-2. The van der Waals surface area contributed by atoms with Gasteiger partial charge in [0.05, 0.1) is 6.10 Å². The molecule has 20 heavy (non-hydrogen) atoms. The van der Waals surface area contributed by atoms with Crippen LogP contribution in [0.1, 0.15) is 13.8 Å². The standard InChI is InChI=1S/C6H11IO5.2C3H6O/c7-1-3(9)5(11)6(12)4(10)2-8;2*1-3(2)4/h2-6,9-12H,1H2;2*4H,1H2,2H3/p-2/t3-,4+,5+,6-;;/m0../s1. The summed E-state index contributed by atoms with van der Waals surface area (Å²) in [6, 6.07) is 0. The summed E-state index contributed by atoms with van der Waals surface area (Å²) in [6.45, 7) is 8.83. The number of halogens is 1. The number of alkyl halides is 1. The van der Waals surface area contributed by atoms with Gasteiger partial charge in [0.15, 0.2) is 6.29 Å².